The molecule has 0 aliphatic heterocycles. The molecular weight excluding hydrogens is 318 g/mol. The van der Waals surface area contributed by atoms with Crippen molar-refractivity contribution in [2.24, 2.45) is 0 Å². The van der Waals surface area contributed by atoms with Crippen molar-refractivity contribution in [3.63, 3.8) is 0 Å². The smallest absolute Gasteiger partial charge is 0.377 e. The van der Waals surface area contributed by atoms with E-state index < -0.39 is 16.2 Å². The molecule has 0 bridgehead atoms. The Balaban J connectivity index is 1.93. The molecule has 3 aromatic rings. The van der Waals surface area contributed by atoms with Gasteiger partial charge in [-0.1, -0.05) is 41.2 Å². The molecule has 3 rings (SSSR count). The number of benzene rings is 1. The summed E-state index contributed by atoms with van der Waals surface area (Å²) < 4.78 is 0.949. The molecule has 0 saturated heterocycles. The van der Waals surface area contributed by atoms with Gasteiger partial charge in [0, 0.05) is 6.42 Å². The molecule has 0 spiro atoms. The van der Waals surface area contributed by atoms with E-state index in [2.05, 4.69) is 16.1 Å². The lowest BCUT2D eigenvalue weighted by Gasteiger charge is -1.99. The minimum absolute atomic E-state index is 0.261. The summed E-state index contributed by atoms with van der Waals surface area (Å²) in [5.74, 6) is -0.381. The normalized spacial score (nSPS) is 11.0. The molecule has 2 aromatic heterocycles. The zero-order chi connectivity index (χ0) is 16.6. The lowest BCUT2D eigenvalue weighted by molar-refractivity contribution is -0.385. The molecule has 0 saturated carbocycles. The second kappa shape index (κ2) is 5.76. The van der Waals surface area contributed by atoms with E-state index in [1.54, 1.807) is 0 Å². The van der Waals surface area contributed by atoms with Gasteiger partial charge < -0.3 is 5.73 Å². The number of fused-ring (bicyclic) bond motifs is 1. The van der Waals surface area contributed by atoms with Crippen molar-refractivity contribution in [1.82, 2.24) is 14.6 Å². The maximum absolute atomic E-state index is 12.1. The van der Waals surface area contributed by atoms with Crippen molar-refractivity contribution in [1.29, 1.82) is 0 Å². The third-order valence-corrected chi connectivity index (χ3v) is 4.32. The number of nitro groups is 1. The van der Waals surface area contributed by atoms with E-state index >= 15 is 0 Å². The SMILES string of the molecule is Cc1cccc(CCc2nn3c(=O)c([N+](=O)[O-])c(N)nc3s2)c1. The zero-order valence-electron chi connectivity index (χ0n) is 12.2. The number of aromatic nitrogens is 3. The van der Waals surface area contributed by atoms with E-state index in [4.69, 9.17) is 5.73 Å². The highest BCUT2D eigenvalue weighted by Crippen LogP contribution is 2.19. The number of nitrogens with two attached hydrogens (primary N) is 1. The number of aryl methyl sites for hydroxylation is 3. The fraction of sp³-hybridized carbons (Fsp3) is 0.214. The Hall–Kier alpha value is -2.81. The van der Waals surface area contributed by atoms with Gasteiger partial charge in [0.15, 0.2) is 0 Å². The highest BCUT2D eigenvalue weighted by Gasteiger charge is 2.23. The fourth-order valence-electron chi connectivity index (χ4n) is 2.28. The quantitative estimate of drug-likeness (QED) is 0.575. The number of hydrogen-bond donors (Lipinski definition) is 1. The van der Waals surface area contributed by atoms with Crippen LogP contribution in [0.15, 0.2) is 29.1 Å². The highest BCUT2D eigenvalue weighted by molar-refractivity contribution is 7.16. The first-order valence-corrected chi connectivity index (χ1v) is 7.65. The Labute approximate surface area is 134 Å². The summed E-state index contributed by atoms with van der Waals surface area (Å²) >= 11 is 1.21. The zero-order valence-corrected chi connectivity index (χ0v) is 13.0. The standard InChI is InChI=1S/C14H13N5O3S/c1-8-3-2-4-9(7-8)5-6-10-17-18-13(20)11(19(21)22)12(15)16-14(18)23-10/h2-4,7H,5-6,15H2,1H3. The molecule has 9 heteroatoms. The molecular formula is C14H13N5O3S. The van der Waals surface area contributed by atoms with Gasteiger partial charge in [-0.05, 0) is 18.9 Å². The second-order valence-corrected chi connectivity index (χ2v) is 6.13. The number of rotatable bonds is 4. The van der Waals surface area contributed by atoms with E-state index in [1.165, 1.54) is 16.9 Å². The molecule has 2 N–H and O–H groups in total. The van der Waals surface area contributed by atoms with E-state index in [9.17, 15) is 14.9 Å². The van der Waals surface area contributed by atoms with Crippen molar-refractivity contribution < 1.29 is 4.92 Å². The first kappa shape index (κ1) is 15.1. The second-order valence-electron chi connectivity index (χ2n) is 5.09. The molecule has 0 atom stereocenters. The van der Waals surface area contributed by atoms with Crippen LogP contribution in [-0.2, 0) is 12.8 Å². The van der Waals surface area contributed by atoms with Crippen LogP contribution in [0.3, 0.4) is 0 Å². The summed E-state index contributed by atoms with van der Waals surface area (Å²) in [7, 11) is 0. The first-order valence-electron chi connectivity index (χ1n) is 6.84. The van der Waals surface area contributed by atoms with Gasteiger partial charge in [0.1, 0.15) is 5.01 Å². The molecule has 0 fully saturated rings. The van der Waals surface area contributed by atoms with Crippen molar-refractivity contribution in [3.05, 3.63) is 60.9 Å². The third kappa shape index (κ3) is 2.90. The number of anilines is 1. The molecule has 2 heterocycles. The number of nitrogen functional groups attached to an aromatic ring is 1. The summed E-state index contributed by atoms with van der Waals surface area (Å²) in [5.41, 5.74) is 6.24. The fourth-order valence-corrected chi connectivity index (χ4v) is 3.17. The van der Waals surface area contributed by atoms with Gasteiger partial charge in [-0.2, -0.15) is 14.6 Å². The number of hydrogen-bond acceptors (Lipinski definition) is 7. The molecule has 23 heavy (non-hydrogen) atoms. The molecule has 1 aromatic carbocycles. The van der Waals surface area contributed by atoms with Crippen LogP contribution in [0.25, 0.3) is 4.96 Å². The highest BCUT2D eigenvalue weighted by atomic mass is 32.1. The third-order valence-electron chi connectivity index (χ3n) is 3.35. The van der Waals surface area contributed by atoms with Gasteiger partial charge in [-0.25, -0.2) is 0 Å². The summed E-state index contributed by atoms with van der Waals surface area (Å²) in [5, 5.41) is 15.7. The topological polar surface area (TPSA) is 116 Å². The van der Waals surface area contributed by atoms with Gasteiger partial charge in [-0.3, -0.25) is 14.9 Å². The molecule has 0 unspecified atom stereocenters. The molecule has 0 aliphatic carbocycles. The Morgan fingerprint density at radius 2 is 2.17 bits per heavy atom. The van der Waals surface area contributed by atoms with Crippen LogP contribution in [0.4, 0.5) is 11.5 Å². The summed E-state index contributed by atoms with van der Waals surface area (Å²) in [6.45, 7) is 2.02. The molecule has 8 nitrogen and oxygen atoms in total. The van der Waals surface area contributed by atoms with Crippen LogP contribution in [0.2, 0.25) is 0 Å². The van der Waals surface area contributed by atoms with Gasteiger partial charge in [0.2, 0.25) is 10.8 Å². The minimum atomic E-state index is -0.851. The van der Waals surface area contributed by atoms with E-state index in [-0.39, 0.29) is 10.8 Å². The van der Waals surface area contributed by atoms with Gasteiger partial charge in [0.05, 0.1) is 4.92 Å². The van der Waals surface area contributed by atoms with Crippen molar-refractivity contribution in [2.45, 2.75) is 19.8 Å². The van der Waals surface area contributed by atoms with E-state index in [0.29, 0.717) is 11.4 Å². The lowest BCUT2D eigenvalue weighted by Crippen LogP contribution is -2.20. The Morgan fingerprint density at radius 1 is 1.39 bits per heavy atom. The number of nitrogens with zero attached hydrogens (tertiary/aromatic N) is 4. The maximum Gasteiger partial charge on any atom is 0.377 e. The minimum Gasteiger partial charge on any atom is -0.378 e. The molecule has 118 valence electrons. The Kier molecular flexibility index (Phi) is 3.78. The first-order chi connectivity index (χ1) is 11.0. The average molecular weight is 331 g/mol. The molecule has 0 amide bonds. The van der Waals surface area contributed by atoms with Crippen LogP contribution in [0.5, 0.6) is 0 Å². The maximum atomic E-state index is 12.1. The van der Waals surface area contributed by atoms with Gasteiger partial charge in [-0.15, -0.1) is 0 Å². The Bertz CT molecular complexity index is 963. The van der Waals surface area contributed by atoms with Crippen LogP contribution in [0, 0.1) is 17.0 Å². The monoisotopic (exact) mass is 331 g/mol. The molecule has 0 radical (unpaired) electrons. The largest absolute Gasteiger partial charge is 0.378 e. The van der Waals surface area contributed by atoms with Crippen molar-refractivity contribution in [2.75, 3.05) is 5.73 Å². The summed E-state index contributed by atoms with van der Waals surface area (Å²) in [6.07, 6.45) is 1.37. The van der Waals surface area contributed by atoms with Crippen LogP contribution in [0.1, 0.15) is 16.1 Å². The van der Waals surface area contributed by atoms with Crippen LogP contribution in [-0.4, -0.2) is 19.5 Å². The summed E-state index contributed by atoms with van der Waals surface area (Å²) in [6, 6.07) is 8.11. The van der Waals surface area contributed by atoms with Crippen LogP contribution < -0.4 is 11.3 Å². The van der Waals surface area contributed by atoms with Gasteiger partial charge >= 0.3 is 11.2 Å². The van der Waals surface area contributed by atoms with Crippen LogP contribution >= 0.6 is 11.3 Å². The van der Waals surface area contributed by atoms with E-state index in [1.807, 2.05) is 25.1 Å². The van der Waals surface area contributed by atoms with Crippen molar-refractivity contribution in [3.8, 4) is 0 Å². The van der Waals surface area contributed by atoms with Crippen molar-refractivity contribution >= 4 is 27.8 Å². The Morgan fingerprint density at radius 3 is 2.87 bits per heavy atom. The van der Waals surface area contributed by atoms with Gasteiger partial charge in [0.25, 0.3) is 0 Å². The average Bonchev–Trinajstić information content (AvgIpc) is 2.88. The lowest BCUT2D eigenvalue weighted by atomic mass is 10.1. The predicted molar refractivity (Wildman–Crippen MR) is 86.8 cm³/mol. The molecule has 0 aliphatic rings. The summed E-state index contributed by atoms with van der Waals surface area (Å²) in [4.78, 5) is 26.3. The predicted octanol–water partition coefficient (Wildman–Crippen LogP) is 1.74. The van der Waals surface area contributed by atoms with E-state index in [0.717, 1.165) is 16.5 Å².